The van der Waals surface area contributed by atoms with Gasteiger partial charge in [0.15, 0.2) is 0 Å². The van der Waals surface area contributed by atoms with E-state index in [1.807, 2.05) is 54.6 Å². The van der Waals surface area contributed by atoms with Gasteiger partial charge in [-0.25, -0.2) is 0 Å². The number of benzene rings is 2. The molecule has 0 radical (unpaired) electrons. The van der Waals surface area contributed by atoms with Crippen molar-refractivity contribution in [2.24, 2.45) is 5.41 Å². The number of amides is 1. The van der Waals surface area contributed by atoms with Gasteiger partial charge in [-0.3, -0.25) is 4.79 Å². The lowest BCUT2D eigenvalue weighted by atomic mass is 9.69. The van der Waals surface area contributed by atoms with E-state index in [9.17, 15) is 4.79 Å². The van der Waals surface area contributed by atoms with Crippen LogP contribution in [0.4, 0.5) is 5.69 Å². The number of nitrogens with one attached hydrogen (secondary N) is 1. The van der Waals surface area contributed by atoms with Crippen LogP contribution >= 0.6 is 0 Å². The summed E-state index contributed by atoms with van der Waals surface area (Å²) in [5, 5.41) is 12.0. The maximum absolute atomic E-state index is 12.2. The molecule has 1 fully saturated rings. The lowest BCUT2D eigenvalue weighted by molar-refractivity contribution is -0.126. The average molecular weight is 276 g/mol. The van der Waals surface area contributed by atoms with E-state index >= 15 is 0 Å². The summed E-state index contributed by atoms with van der Waals surface area (Å²) in [6.07, 6.45) is 2.28. The van der Waals surface area contributed by atoms with Crippen LogP contribution in [0.15, 0.2) is 54.6 Å². The third-order valence-electron chi connectivity index (χ3n) is 4.11. The smallest absolute Gasteiger partial charge is 0.244 e. The molecule has 104 valence electrons. The molecule has 1 N–H and O–H groups in total. The van der Waals surface area contributed by atoms with Crippen molar-refractivity contribution in [2.45, 2.75) is 19.3 Å². The summed E-state index contributed by atoms with van der Waals surface area (Å²) in [4.78, 5) is 12.2. The molecule has 0 spiro atoms. The lowest BCUT2D eigenvalue weighted by Gasteiger charge is -2.33. The van der Waals surface area contributed by atoms with E-state index < -0.39 is 5.41 Å². The van der Waals surface area contributed by atoms with E-state index in [0.29, 0.717) is 12.8 Å². The molecule has 1 aliphatic rings. The van der Waals surface area contributed by atoms with E-state index in [0.717, 1.165) is 23.2 Å². The third-order valence-corrected chi connectivity index (χ3v) is 4.11. The highest BCUT2D eigenvalue weighted by molar-refractivity contribution is 5.98. The van der Waals surface area contributed by atoms with Crippen LogP contribution in [0.2, 0.25) is 0 Å². The monoisotopic (exact) mass is 276 g/mol. The zero-order valence-corrected chi connectivity index (χ0v) is 11.7. The Morgan fingerprint density at radius 1 is 1.00 bits per heavy atom. The van der Waals surface area contributed by atoms with Gasteiger partial charge in [-0.05, 0) is 42.5 Å². The second-order valence-corrected chi connectivity index (χ2v) is 5.44. The average Bonchev–Trinajstić information content (AvgIpc) is 2.48. The van der Waals surface area contributed by atoms with Crippen molar-refractivity contribution in [3.8, 4) is 17.2 Å². The van der Waals surface area contributed by atoms with Gasteiger partial charge < -0.3 is 5.32 Å². The second-order valence-electron chi connectivity index (χ2n) is 5.44. The molecule has 0 saturated heterocycles. The van der Waals surface area contributed by atoms with Crippen molar-refractivity contribution in [3.05, 3.63) is 54.6 Å². The van der Waals surface area contributed by atoms with Crippen molar-refractivity contribution < 1.29 is 4.79 Å². The van der Waals surface area contributed by atoms with Crippen molar-refractivity contribution in [1.82, 2.24) is 0 Å². The fourth-order valence-corrected chi connectivity index (χ4v) is 2.55. The molecule has 21 heavy (non-hydrogen) atoms. The summed E-state index contributed by atoms with van der Waals surface area (Å²) >= 11 is 0. The fourth-order valence-electron chi connectivity index (χ4n) is 2.55. The van der Waals surface area contributed by atoms with Gasteiger partial charge in [-0.1, -0.05) is 42.5 Å². The molecule has 3 rings (SSSR count). The Morgan fingerprint density at radius 2 is 1.62 bits per heavy atom. The molecule has 1 saturated carbocycles. The van der Waals surface area contributed by atoms with Crippen LogP contribution in [0.3, 0.4) is 0 Å². The summed E-state index contributed by atoms with van der Waals surface area (Å²) in [5.74, 6) is -0.177. The molecule has 3 nitrogen and oxygen atoms in total. The van der Waals surface area contributed by atoms with Gasteiger partial charge in [0, 0.05) is 5.69 Å². The van der Waals surface area contributed by atoms with Crippen LogP contribution in [0.1, 0.15) is 19.3 Å². The summed E-state index contributed by atoms with van der Waals surface area (Å²) < 4.78 is 0. The topological polar surface area (TPSA) is 52.9 Å². The summed E-state index contributed by atoms with van der Waals surface area (Å²) in [6, 6.07) is 19.9. The molecule has 0 aliphatic heterocycles. The Bertz CT molecular complexity index is 679. The number of rotatable bonds is 3. The lowest BCUT2D eigenvalue weighted by Crippen LogP contribution is -2.40. The molecule has 3 heteroatoms. The molecular weight excluding hydrogens is 260 g/mol. The molecule has 0 aromatic heterocycles. The number of carbonyl (C=O) groups is 1. The van der Waals surface area contributed by atoms with E-state index in [1.54, 1.807) is 0 Å². The second kappa shape index (κ2) is 5.41. The number of nitrogens with zero attached hydrogens (tertiary/aromatic N) is 1. The minimum absolute atomic E-state index is 0.177. The zero-order valence-electron chi connectivity index (χ0n) is 11.7. The van der Waals surface area contributed by atoms with Gasteiger partial charge in [-0.2, -0.15) is 5.26 Å². The number of anilines is 1. The Kier molecular flexibility index (Phi) is 3.45. The normalized spacial score (nSPS) is 15.6. The SMILES string of the molecule is N#CC1(C(=O)Nc2ccc(-c3ccccc3)cc2)CCC1. The van der Waals surface area contributed by atoms with Crippen LogP contribution in [-0.4, -0.2) is 5.91 Å². The predicted molar refractivity (Wildman–Crippen MR) is 82.4 cm³/mol. The van der Waals surface area contributed by atoms with Gasteiger partial charge in [-0.15, -0.1) is 0 Å². The number of hydrogen-bond acceptors (Lipinski definition) is 2. The Labute approximate surface area is 124 Å². The number of hydrogen-bond donors (Lipinski definition) is 1. The molecule has 1 aliphatic carbocycles. The predicted octanol–water partition coefficient (Wildman–Crippen LogP) is 3.99. The maximum atomic E-state index is 12.2. The van der Waals surface area contributed by atoms with E-state index in [-0.39, 0.29) is 5.91 Å². The minimum atomic E-state index is -0.807. The molecule has 2 aromatic rings. The first-order chi connectivity index (χ1) is 10.2. The van der Waals surface area contributed by atoms with Crippen LogP contribution in [0.25, 0.3) is 11.1 Å². The molecule has 1 amide bonds. The van der Waals surface area contributed by atoms with Gasteiger partial charge in [0.1, 0.15) is 5.41 Å². The Hall–Kier alpha value is -2.60. The zero-order chi connectivity index (χ0) is 14.7. The summed E-state index contributed by atoms with van der Waals surface area (Å²) in [5.41, 5.74) is 2.18. The third kappa shape index (κ3) is 2.53. The molecule has 0 heterocycles. The van der Waals surface area contributed by atoms with Gasteiger partial charge in [0.25, 0.3) is 0 Å². The van der Waals surface area contributed by atoms with Gasteiger partial charge >= 0.3 is 0 Å². The summed E-state index contributed by atoms with van der Waals surface area (Å²) in [6.45, 7) is 0. The molecule has 2 aromatic carbocycles. The van der Waals surface area contributed by atoms with Gasteiger partial charge in [0.2, 0.25) is 5.91 Å². The van der Waals surface area contributed by atoms with Crippen molar-refractivity contribution >= 4 is 11.6 Å². The molecule has 0 atom stereocenters. The maximum Gasteiger partial charge on any atom is 0.244 e. The quantitative estimate of drug-likeness (QED) is 0.921. The van der Waals surface area contributed by atoms with Crippen molar-refractivity contribution in [2.75, 3.05) is 5.32 Å². The standard InChI is InChI=1S/C18H16N2O/c19-13-18(11-4-12-18)17(21)20-16-9-7-15(8-10-16)14-5-2-1-3-6-14/h1-3,5-10H,4,11-12H2,(H,20,21). The highest BCUT2D eigenvalue weighted by Gasteiger charge is 2.44. The first-order valence-corrected chi connectivity index (χ1v) is 7.12. The van der Waals surface area contributed by atoms with Crippen LogP contribution in [0.5, 0.6) is 0 Å². The van der Waals surface area contributed by atoms with Crippen LogP contribution in [0, 0.1) is 16.7 Å². The highest BCUT2D eigenvalue weighted by atomic mass is 16.2. The Morgan fingerprint density at radius 3 is 2.14 bits per heavy atom. The number of carbonyl (C=O) groups excluding carboxylic acids is 1. The summed E-state index contributed by atoms with van der Waals surface area (Å²) in [7, 11) is 0. The first kappa shape index (κ1) is 13.4. The largest absolute Gasteiger partial charge is 0.325 e. The van der Waals surface area contributed by atoms with Crippen molar-refractivity contribution in [1.29, 1.82) is 5.26 Å². The highest BCUT2D eigenvalue weighted by Crippen LogP contribution is 2.41. The molecule has 0 unspecified atom stereocenters. The number of nitriles is 1. The first-order valence-electron chi connectivity index (χ1n) is 7.12. The van der Waals surface area contributed by atoms with E-state index in [1.165, 1.54) is 0 Å². The van der Waals surface area contributed by atoms with Crippen LogP contribution < -0.4 is 5.32 Å². The van der Waals surface area contributed by atoms with Crippen LogP contribution in [-0.2, 0) is 4.79 Å². The fraction of sp³-hybridized carbons (Fsp3) is 0.222. The van der Waals surface area contributed by atoms with E-state index in [4.69, 9.17) is 5.26 Å². The van der Waals surface area contributed by atoms with Crippen molar-refractivity contribution in [3.63, 3.8) is 0 Å². The van der Waals surface area contributed by atoms with E-state index in [2.05, 4.69) is 11.4 Å². The molecule has 0 bridgehead atoms. The Balaban J connectivity index is 1.74. The van der Waals surface area contributed by atoms with Gasteiger partial charge in [0.05, 0.1) is 6.07 Å². The minimum Gasteiger partial charge on any atom is -0.325 e. The molecular formula is C18H16N2O.